The summed E-state index contributed by atoms with van der Waals surface area (Å²) in [7, 11) is 0. The molecule has 1 saturated carbocycles. The molecule has 162 valence electrons. The van der Waals surface area contributed by atoms with Crippen molar-refractivity contribution in [2.24, 2.45) is 0 Å². The largest absolute Gasteiger partial charge is 0.465 e. The second-order valence-electron chi connectivity index (χ2n) is 6.77. The average molecular weight is 452 g/mol. The third kappa shape index (κ3) is 9.16. The van der Waals surface area contributed by atoms with Crippen LogP contribution in [-0.4, -0.2) is 43.1 Å². The number of rotatable bonds is 4. The SMILES string of the molecule is C1CC1.CCOC(=O)CN1C(=O)COC[C@H]1c1ccc(Cl)cc1.Clc1ccccc1. The highest BCUT2D eigenvalue weighted by atomic mass is 35.5. The van der Waals surface area contributed by atoms with Crippen LogP contribution in [0.4, 0.5) is 0 Å². The molecule has 2 fully saturated rings. The number of halogens is 2. The van der Waals surface area contributed by atoms with Crippen molar-refractivity contribution < 1.29 is 19.1 Å². The molecule has 0 radical (unpaired) electrons. The number of esters is 1. The van der Waals surface area contributed by atoms with Crippen LogP contribution in [0.3, 0.4) is 0 Å². The number of hydrogen-bond acceptors (Lipinski definition) is 4. The van der Waals surface area contributed by atoms with Crippen molar-refractivity contribution in [1.82, 2.24) is 4.90 Å². The number of amides is 1. The molecule has 0 aromatic heterocycles. The molecule has 1 atom stereocenters. The third-order valence-electron chi connectivity index (χ3n) is 4.14. The Morgan fingerprint density at radius 1 is 1.03 bits per heavy atom. The maximum Gasteiger partial charge on any atom is 0.325 e. The molecule has 2 aromatic rings. The molecule has 4 rings (SSSR count). The molecule has 0 spiro atoms. The van der Waals surface area contributed by atoms with E-state index in [1.807, 2.05) is 42.5 Å². The summed E-state index contributed by atoms with van der Waals surface area (Å²) in [5, 5.41) is 1.41. The van der Waals surface area contributed by atoms with Gasteiger partial charge in [-0.2, -0.15) is 0 Å². The van der Waals surface area contributed by atoms with Crippen LogP contribution in [0.1, 0.15) is 37.8 Å². The molecular weight excluding hydrogens is 425 g/mol. The number of carbonyl (C=O) groups excluding carboxylic acids is 2. The second-order valence-corrected chi connectivity index (χ2v) is 7.64. The van der Waals surface area contributed by atoms with E-state index in [1.54, 1.807) is 19.1 Å². The fourth-order valence-corrected chi connectivity index (χ4v) is 2.80. The van der Waals surface area contributed by atoms with Gasteiger partial charge in [0.15, 0.2) is 0 Å². The molecule has 30 heavy (non-hydrogen) atoms. The van der Waals surface area contributed by atoms with Crippen molar-refractivity contribution in [3.05, 3.63) is 70.2 Å². The number of morpholine rings is 1. The van der Waals surface area contributed by atoms with E-state index in [0.717, 1.165) is 10.6 Å². The first kappa shape index (κ1) is 24.2. The average Bonchev–Trinajstić information content (AvgIpc) is 3.61. The Hall–Kier alpha value is -2.08. The zero-order valence-electron chi connectivity index (χ0n) is 17.1. The highest BCUT2D eigenvalue weighted by molar-refractivity contribution is 6.30. The highest BCUT2D eigenvalue weighted by Gasteiger charge is 2.31. The molecule has 2 aliphatic rings. The first-order chi connectivity index (χ1) is 14.5. The van der Waals surface area contributed by atoms with Crippen molar-refractivity contribution in [2.45, 2.75) is 32.2 Å². The summed E-state index contributed by atoms with van der Waals surface area (Å²) in [4.78, 5) is 25.1. The zero-order chi connectivity index (χ0) is 21.8. The molecule has 1 amide bonds. The van der Waals surface area contributed by atoms with Gasteiger partial charge >= 0.3 is 5.97 Å². The lowest BCUT2D eigenvalue weighted by Gasteiger charge is -2.35. The Kier molecular flexibility index (Phi) is 10.7. The molecule has 2 aromatic carbocycles. The molecular formula is C23H27Cl2NO4. The molecule has 5 nitrogen and oxygen atoms in total. The minimum Gasteiger partial charge on any atom is -0.465 e. The van der Waals surface area contributed by atoms with Crippen LogP contribution in [0.15, 0.2) is 54.6 Å². The van der Waals surface area contributed by atoms with E-state index in [4.69, 9.17) is 32.7 Å². The minimum absolute atomic E-state index is 0.0104. The maximum absolute atomic E-state index is 12.0. The Bertz CT molecular complexity index is 779. The Labute approximate surface area is 187 Å². The molecule has 1 heterocycles. The van der Waals surface area contributed by atoms with Gasteiger partial charge in [-0.3, -0.25) is 9.59 Å². The van der Waals surface area contributed by atoms with Crippen molar-refractivity contribution in [3.63, 3.8) is 0 Å². The molecule has 0 unspecified atom stereocenters. The van der Waals surface area contributed by atoms with Crippen LogP contribution >= 0.6 is 23.2 Å². The van der Waals surface area contributed by atoms with E-state index in [0.29, 0.717) is 18.2 Å². The summed E-state index contributed by atoms with van der Waals surface area (Å²) >= 11 is 11.4. The molecule has 1 aliphatic carbocycles. The Morgan fingerprint density at radius 2 is 1.63 bits per heavy atom. The van der Waals surface area contributed by atoms with Gasteiger partial charge in [0.1, 0.15) is 13.2 Å². The summed E-state index contributed by atoms with van der Waals surface area (Å²) in [6.45, 7) is 2.30. The van der Waals surface area contributed by atoms with E-state index < -0.39 is 5.97 Å². The van der Waals surface area contributed by atoms with Crippen molar-refractivity contribution in [2.75, 3.05) is 26.4 Å². The van der Waals surface area contributed by atoms with Gasteiger partial charge in [0.05, 0.1) is 19.3 Å². The van der Waals surface area contributed by atoms with Crippen molar-refractivity contribution in [1.29, 1.82) is 0 Å². The summed E-state index contributed by atoms with van der Waals surface area (Å²) in [6.07, 6.45) is 4.50. The molecule has 7 heteroatoms. The lowest BCUT2D eigenvalue weighted by atomic mass is 10.0. The van der Waals surface area contributed by atoms with Gasteiger partial charge in [-0.25, -0.2) is 0 Å². The smallest absolute Gasteiger partial charge is 0.325 e. The number of carbonyl (C=O) groups is 2. The minimum atomic E-state index is -0.415. The fourth-order valence-electron chi connectivity index (χ4n) is 2.52. The van der Waals surface area contributed by atoms with E-state index in [9.17, 15) is 9.59 Å². The summed E-state index contributed by atoms with van der Waals surface area (Å²) in [5.74, 6) is -0.633. The van der Waals surface area contributed by atoms with Gasteiger partial charge in [-0.1, -0.05) is 72.8 Å². The quantitative estimate of drug-likeness (QED) is 0.590. The first-order valence-electron chi connectivity index (χ1n) is 10.00. The number of benzene rings is 2. The number of hydrogen-bond donors (Lipinski definition) is 0. The fraction of sp³-hybridized carbons (Fsp3) is 0.391. The maximum atomic E-state index is 12.0. The van der Waals surface area contributed by atoms with E-state index in [2.05, 4.69) is 0 Å². The lowest BCUT2D eigenvalue weighted by Crippen LogP contribution is -2.46. The summed E-state index contributed by atoms with van der Waals surface area (Å²) in [5.41, 5.74) is 0.881. The first-order valence-corrected chi connectivity index (χ1v) is 10.8. The van der Waals surface area contributed by atoms with E-state index >= 15 is 0 Å². The predicted octanol–water partition coefficient (Wildman–Crippen LogP) is 5.31. The number of nitrogens with zero attached hydrogens (tertiary/aromatic N) is 1. The van der Waals surface area contributed by atoms with E-state index in [-0.39, 0.29) is 25.1 Å². The third-order valence-corrected chi connectivity index (χ3v) is 4.65. The lowest BCUT2D eigenvalue weighted by molar-refractivity contribution is -0.158. The van der Waals surface area contributed by atoms with Crippen LogP contribution in [-0.2, 0) is 19.1 Å². The normalized spacial score (nSPS) is 17.1. The second kappa shape index (κ2) is 13.3. The van der Waals surface area contributed by atoms with Gasteiger partial charge in [-0.05, 0) is 36.8 Å². The molecule has 0 bridgehead atoms. The van der Waals surface area contributed by atoms with Gasteiger partial charge < -0.3 is 14.4 Å². The standard InChI is InChI=1S/C14H16ClNO4.C6H5Cl.C3H6/c1-2-20-14(18)7-16-12(8-19-9-13(16)17)10-3-5-11(15)6-4-10;7-6-4-2-1-3-5-6;1-2-3-1/h3-6,12H,2,7-9H2,1H3;1-5H;1-3H2/t12-;;/m0../s1. The van der Waals surface area contributed by atoms with Crippen molar-refractivity contribution in [3.8, 4) is 0 Å². The van der Waals surface area contributed by atoms with Crippen LogP contribution < -0.4 is 0 Å². The van der Waals surface area contributed by atoms with Crippen LogP contribution in [0.25, 0.3) is 0 Å². The van der Waals surface area contributed by atoms with Crippen LogP contribution in [0, 0.1) is 0 Å². The Morgan fingerprint density at radius 3 is 2.13 bits per heavy atom. The van der Waals surface area contributed by atoms with Gasteiger partial charge in [0.25, 0.3) is 0 Å². The Balaban J connectivity index is 0.000000260. The van der Waals surface area contributed by atoms with E-state index in [1.165, 1.54) is 24.2 Å². The molecule has 1 saturated heterocycles. The van der Waals surface area contributed by atoms with Gasteiger partial charge in [0, 0.05) is 10.0 Å². The predicted molar refractivity (Wildman–Crippen MR) is 119 cm³/mol. The van der Waals surface area contributed by atoms with Crippen LogP contribution in [0.5, 0.6) is 0 Å². The van der Waals surface area contributed by atoms with Crippen molar-refractivity contribution >= 4 is 35.1 Å². The van der Waals surface area contributed by atoms with Gasteiger partial charge in [0.2, 0.25) is 5.91 Å². The highest BCUT2D eigenvalue weighted by Crippen LogP contribution is 2.25. The van der Waals surface area contributed by atoms with Gasteiger partial charge in [-0.15, -0.1) is 0 Å². The zero-order valence-corrected chi connectivity index (χ0v) is 18.6. The summed E-state index contributed by atoms with van der Waals surface area (Å²) in [6, 6.07) is 16.3. The summed E-state index contributed by atoms with van der Waals surface area (Å²) < 4.78 is 10.2. The van der Waals surface area contributed by atoms with Crippen LogP contribution in [0.2, 0.25) is 10.0 Å². The monoisotopic (exact) mass is 451 g/mol. The topological polar surface area (TPSA) is 55.8 Å². The number of ether oxygens (including phenoxy) is 2. The molecule has 0 N–H and O–H groups in total. The molecule has 1 aliphatic heterocycles.